The molecule has 2 aromatic rings. The quantitative estimate of drug-likeness (QED) is 0.597. The van der Waals surface area contributed by atoms with Crippen LogP contribution in [0.1, 0.15) is 17.2 Å². The maximum atomic E-state index is 5.92. The van der Waals surface area contributed by atoms with E-state index < -0.39 is 0 Å². The second kappa shape index (κ2) is 5.27. The fourth-order valence-corrected chi connectivity index (χ4v) is 1.94. The van der Waals surface area contributed by atoms with Crippen LogP contribution in [0.3, 0.4) is 0 Å². The lowest BCUT2D eigenvalue weighted by Gasteiger charge is -2.18. The van der Waals surface area contributed by atoms with E-state index in [0.29, 0.717) is 5.69 Å². The van der Waals surface area contributed by atoms with E-state index in [-0.39, 0.29) is 6.04 Å². The summed E-state index contributed by atoms with van der Waals surface area (Å²) in [6, 6.07) is 9.51. The Hall–Kier alpha value is -1.43. The lowest BCUT2D eigenvalue weighted by Crippen LogP contribution is -2.29. The van der Waals surface area contributed by atoms with Crippen LogP contribution in [-0.4, -0.2) is 4.98 Å². The third-order valence-corrected chi connectivity index (χ3v) is 3.10. The van der Waals surface area contributed by atoms with Crippen molar-refractivity contribution in [3.8, 4) is 0 Å². The molecule has 1 aromatic heterocycles. The fourth-order valence-electron chi connectivity index (χ4n) is 1.68. The van der Waals surface area contributed by atoms with E-state index in [1.54, 1.807) is 18.5 Å². The van der Waals surface area contributed by atoms with Crippen LogP contribution in [0.2, 0.25) is 0 Å². The van der Waals surface area contributed by atoms with Crippen LogP contribution in [0.4, 0.5) is 5.69 Å². The molecule has 0 aliphatic rings. The number of halogens is 1. The van der Waals surface area contributed by atoms with Gasteiger partial charge < -0.3 is 5.73 Å². The highest BCUT2D eigenvalue weighted by Gasteiger charge is 2.14. The number of anilines is 1. The van der Waals surface area contributed by atoms with Gasteiger partial charge in [-0.1, -0.05) is 28.1 Å². The van der Waals surface area contributed by atoms with Crippen LogP contribution < -0.4 is 17.0 Å². The molecule has 88 valence electrons. The molecule has 0 saturated heterocycles. The van der Waals surface area contributed by atoms with Crippen LogP contribution >= 0.6 is 15.9 Å². The topological polar surface area (TPSA) is 77.0 Å². The van der Waals surface area contributed by atoms with E-state index >= 15 is 0 Å². The van der Waals surface area contributed by atoms with Crippen LogP contribution in [0.5, 0.6) is 0 Å². The SMILES string of the molecule is NNC(c1ccc(Br)cc1)c1cnccc1N. The smallest absolute Gasteiger partial charge is 0.0745 e. The van der Waals surface area contributed by atoms with E-state index in [9.17, 15) is 0 Å². The summed E-state index contributed by atoms with van der Waals surface area (Å²) in [5, 5.41) is 0. The average molecular weight is 293 g/mol. The second-order valence-corrected chi connectivity index (χ2v) is 4.57. The Morgan fingerprint density at radius 3 is 2.47 bits per heavy atom. The fraction of sp³-hybridized carbons (Fsp3) is 0.0833. The molecule has 4 nitrogen and oxygen atoms in total. The number of nitrogens with two attached hydrogens (primary N) is 2. The zero-order chi connectivity index (χ0) is 12.3. The standard InChI is InChI=1S/C12H13BrN4/c13-9-3-1-8(2-4-9)12(17-15)10-7-16-6-5-11(10)14/h1-7,12,17H,15H2,(H2,14,16). The summed E-state index contributed by atoms with van der Waals surface area (Å²) < 4.78 is 1.02. The van der Waals surface area contributed by atoms with E-state index in [0.717, 1.165) is 15.6 Å². The van der Waals surface area contributed by atoms with Crippen LogP contribution in [0, 0.1) is 0 Å². The minimum Gasteiger partial charge on any atom is -0.398 e. The van der Waals surface area contributed by atoms with E-state index in [1.807, 2.05) is 24.3 Å². The normalized spacial score (nSPS) is 12.4. The molecule has 0 amide bonds. The summed E-state index contributed by atoms with van der Waals surface area (Å²) in [5.74, 6) is 5.60. The summed E-state index contributed by atoms with van der Waals surface area (Å²) in [6.45, 7) is 0. The molecule has 0 saturated carbocycles. The van der Waals surface area contributed by atoms with Crippen LogP contribution in [0.15, 0.2) is 47.2 Å². The van der Waals surface area contributed by atoms with E-state index in [1.165, 1.54) is 0 Å². The number of aromatic nitrogens is 1. The van der Waals surface area contributed by atoms with Crippen molar-refractivity contribution >= 4 is 21.6 Å². The Bertz CT molecular complexity index is 498. The number of hydrogen-bond donors (Lipinski definition) is 3. The lowest BCUT2D eigenvalue weighted by atomic mass is 10.00. The molecule has 2 rings (SSSR count). The third kappa shape index (κ3) is 2.63. The van der Waals surface area contributed by atoms with Crippen molar-refractivity contribution in [3.63, 3.8) is 0 Å². The Morgan fingerprint density at radius 1 is 1.18 bits per heavy atom. The zero-order valence-electron chi connectivity index (χ0n) is 9.10. The molecule has 0 aliphatic heterocycles. The first-order chi connectivity index (χ1) is 8.22. The molecule has 0 radical (unpaired) electrons. The van der Waals surface area contributed by atoms with Crippen molar-refractivity contribution in [2.45, 2.75) is 6.04 Å². The van der Waals surface area contributed by atoms with Gasteiger partial charge in [0, 0.05) is 28.1 Å². The van der Waals surface area contributed by atoms with Crippen molar-refractivity contribution in [2.24, 2.45) is 5.84 Å². The minimum absolute atomic E-state index is 0.156. The average Bonchev–Trinajstić information content (AvgIpc) is 2.35. The summed E-state index contributed by atoms with van der Waals surface area (Å²) in [4.78, 5) is 4.07. The molecule has 0 aliphatic carbocycles. The number of pyridine rings is 1. The van der Waals surface area contributed by atoms with Crippen molar-refractivity contribution in [3.05, 3.63) is 58.3 Å². The van der Waals surface area contributed by atoms with Crippen LogP contribution in [0.25, 0.3) is 0 Å². The Morgan fingerprint density at radius 2 is 1.88 bits per heavy atom. The molecule has 0 spiro atoms. The summed E-state index contributed by atoms with van der Waals surface area (Å²) in [5.41, 5.74) is 11.3. The summed E-state index contributed by atoms with van der Waals surface area (Å²) in [6.07, 6.45) is 3.38. The largest absolute Gasteiger partial charge is 0.398 e. The van der Waals surface area contributed by atoms with Crippen molar-refractivity contribution < 1.29 is 0 Å². The van der Waals surface area contributed by atoms with Gasteiger partial charge in [-0.15, -0.1) is 0 Å². The van der Waals surface area contributed by atoms with Gasteiger partial charge in [-0.05, 0) is 23.8 Å². The molecule has 0 fully saturated rings. The van der Waals surface area contributed by atoms with Crippen molar-refractivity contribution in [1.82, 2.24) is 10.4 Å². The third-order valence-electron chi connectivity index (χ3n) is 2.57. The maximum absolute atomic E-state index is 5.92. The van der Waals surface area contributed by atoms with E-state index in [4.69, 9.17) is 11.6 Å². The first-order valence-electron chi connectivity index (χ1n) is 5.13. The molecular weight excluding hydrogens is 280 g/mol. The van der Waals surface area contributed by atoms with Gasteiger partial charge in [-0.25, -0.2) is 5.43 Å². The molecule has 5 heteroatoms. The number of hydrazine groups is 1. The molecular formula is C12H13BrN4. The van der Waals surface area contributed by atoms with Gasteiger partial charge in [-0.3, -0.25) is 10.8 Å². The lowest BCUT2D eigenvalue weighted by molar-refractivity contribution is 0.636. The summed E-state index contributed by atoms with van der Waals surface area (Å²) in [7, 11) is 0. The van der Waals surface area contributed by atoms with Crippen LogP contribution in [-0.2, 0) is 0 Å². The van der Waals surface area contributed by atoms with Crippen molar-refractivity contribution in [1.29, 1.82) is 0 Å². The minimum atomic E-state index is -0.156. The predicted molar refractivity (Wildman–Crippen MR) is 72.0 cm³/mol. The highest BCUT2D eigenvalue weighted by Crippen LogP contribution is 2.26. The van der Waals surface area contributed by atoms with Crippen molar-refractivity contribution in [2.75, 3.05) is 5.73 Å². The highest BCUT2D eigenvalue weighted by atomic mass is 79.9. The first kappa shape index (κ1) is 12.0. The van der Waals surface area contributed by atoms with Gasteiger partial charge in [-0.2, -0.15) is 0 Å². The molecule has 1 unspecified atom stereocenters. The number of nitrogens with one attached hydrogen (secondary N) is 1. The molecule has 17 heavy (non-hydrogen) atoms. The van der Waals surface area contributed by atoms with Gasteiger partial charge in [0.2, 0.25) is 0 Å². The predicted octanol–water partition coefficient (Wildman–Crippen LogP) is 1.98. The monoisotopic (exact) mass is 292 g/mol. The Balaban J connectivity index is 2.40. The van der Waals surface area contributed by atoms with E-state index in [2.05, 4.69) is 26.3 Å². The maximum Gasteiger partial charge on any atom is 0.0745 e. The highest BCUT2D eigenvalue weighted by molar-refractivity contribution is 9.10. The van der Waals surface area contributed by atoms with Gasteiger partial charge in [0.05, 0.1) is 6.04 Å². The van der Waals surface area contributed by atoms with Gasteiger partial charge in [0.15, 0.2) is 0 Å². The van der Waals surface area contributed by atoms with Gasteiger partial charge in [0.25, 0.3) is 0 Å². The number of rotatable bonds is 3. The number of hydrogen-bond acceptors (Lipinski definition) is 4. The molecule has 1 atom stereocenters. The molecule has 1 heterocycles. The molecule has 5 N–H and O–H groups in total. The number of benzene rings is 1. The zero-order valence-corrected chi connectivity index (χ0v) is 10.7. The second-order valence-electron chi connectivity index (χ2n) is 3.66. The Kier molecular flexibility index (Phi) is 3.73. The summed E-state index contributed by atoms with van der Waals surface area (Å²) >= 11 is 3.40. The molecule has 1 aromatic carbocycles. The number of nitrogens with zero attached hydrogens (tertiary/aromatic N) is 1. The first-order valence-corrected chi connectivity index (χ1v) is 5.92. The molecule has 0 bridgehead atoms. The van der Waals surface area contributed by atoms with Gasteiger partial charge in [0.1, 0.15) is 0 Å². The number of nitrogen functional groups attached to an aromatic ring is 1. The van der Waals surface area contributed by atoms with Gasteiger partial charge >= 0.3 is 0 Å². The Labute approximate surface area is 108 Å².